The first-order valence-corrected chi connectivity index (χ1v) is 5.76. The summed E-state index contributed by atoms with van der Waals surface area (Å²) in [5, 5.41) is 12.7. The quantitative estimate of drug-likeness (QED) is 0.602. The van der Waals surface area contributed by atoms with Crippen molar-refractivity contribution in [1.82, 2.24) is 4.98 Å². The van der Waals surface area contributed by atoms with E-state index < -0.39 is 4.92 Å². The standard InChI is InChI=1S/C10H12ClN3O3/c11-8-6-9(14(15)16)10(12-7-8)13-4-2-1-3-5-17-13/h6-7H,1-5H2. The Labute approximate surface area is 103 Å². The third kappa shape index (κ3) is 2.83. The molecule has 0 aromatic carbocycles. The minimum Gasteiger partial charge on any atom is -0.272 e. The summed E-state index contributed by atoms with van der Waals surface area (Å²) in [5.41, 5.74) is -0.126. The zero-order chi connectivity index (χ0) is 12.3. The van der Waals surface area contributed by atoms with Crippen molar-refractivity contribution in [3.05, 3.63) is 27.4 Å². The Morgan fingerprint density at radius 3 is 3.06 bits per heavy atom. The molecule has 1 aliphatic heterocycles. The highest BCUT2D eigenvalue weighted by Gasteiger charge is 2.23. The lowest BCUT2D eigenvalue weighted by molar-refractivity contribution is -0.384. The number of nitro groups is 1. The first-order chi connectivity index (χ1) is 8.18. The van der Waals surface area contributed by atoms with Crippen molar-refractivity contribution < 1.29 is 9.76 Å². The lowest BCUT2D eigenvalue weighted by atomic mass is 10.2. The molecule has 1 aliphatic rings. The molecule has 0 atom stereocenters. The molecule has 2 rings (SSSR count). The second-order valence-corrected chi connectivity index (χ2v) is 4.19. The fraction of sp³-hybridized carbons (Fsp3) is 0.500. The van der Waals surface area contributed by atoms with Crippen molar-refractivity contribution >= 4 is 23.1 Å². The molecule has 0 saturated carbocycles. The van der Waals surface area contributed by atoms with Crippen LogP contribution in [-0.2, 0) is 4.84 Å². The van der Waals surface area contributed by atoms with E-state index in [0.717, 1.165) is 19.3 Å². The van der Waals surface area contributed by atoms with E-state index in [-0.39, 0.29) is 16.5 Å². The molecule has 0 bridgehead atoms. The van der Waals surface area contributed by atoms with E-state index in [1.54, 1.807) is 0 Å². The molecular weight excluding hydrogens is 246 g/mol. The van der Waals surface area contributed by atoms with Crippen LogP contribution in [0.5, 0.6) is 0 Å². The fourth-order valence-corrected chi connectivity index (χ4v) is 1.84. The van der Waals surface area contributed by atoms with Crippen LogP contribution in [0, 0.1) is 10.1 Å². The lowest BCUT2D eigenvalue weighted by Gasteiger charge is -2.19. The summed E-state index contributed by atoms with van der Waals surface area (Å²) in [6.07, 6.45) is 4.33. The molecule has 1 saturated heterocycles. The summed E-state index contributed by atoms with van der Waals surface area (Å²) in [4.78, 5) is 19.9. The Morgan fingerprint density at radius 2 is 2.29 bits per heavy atom. The van der Waals surface area contributed by atoms with E-state index in [1.165, 1.54) is 17.3 Å². The van der Waals surface area contributed by atoms with Gasteiger partial charge in [-0.1, -0.05) is 11.6 Å². The maximum Gasteiger partial charge on any atom is 0.315 e. The van der Waals surface area contributed by atoms with E-state index >= 15 is 0 Å². The van der Waals surface area contributed by atoms with Crippen LogP contribution in [0.2, 0.25) is 5.02 Å². The van der Waals surface area contributed by atoms with E-state index in [1.807, 2.05) is 0 Å². The average molecular weight is 258 g/mol. The lowest BCUT2D eigenvalue weighted by Crippen LogP contribution is -2.25. The van der Waals surface area contributed by atoms with Gasteiger partial charge in [-0.3, -0.25) is 15.0 Å². The summed E-state index contributed by atoms with van der Waals surface area (Å²) >= 11 is 5.71. The van der Waals surface area contributed by atoms with Crippen molar-refractivity contribution in [2.75, 3.05) is 18.2 Å². The third-order valence-corrected chi connectivity index (χ3v) is 2.71. The molecule has 1 aromatic rings. The average Bonchev–Trinajstić information content (AvgIpc) is 2.57. The molecule has 7 heteroatoms. The number of hydroxylamine groups is 1. The van der Waals surface area contributed by atoms with E-state index in [9.17, 15) is 10.1 Å². The molecule has 6 nitrogen and oxygen atoms in total. The molecule has 0 aliphatic carbocycles. The van der Waals surface area contributed by atoms with E-state index in [4.69, 9.17) is 16.4 Å². The molecule has 0 radical (unpaired) electrons. The number of hydrogen-bond donors (Lipinski definition) is 0. The molecule has 0 unspecified atom stereocenters. The molecule has 0 amide bonds. The van der Waals surface area contributed by atoms with Crippen LogP contribution in [0.1, 0.15) is 19.3 Å². The minimum absolute atomic E-state index is 0.126. The van der Waals surface area contributed by atoms with Crippen LogP contribution in [0.15, 0.2) is 12.3 Å². The van der Waals surface area contributed by atoms with Crippen LogP contribution >= 0.6 is 11.6 Å². The van der Waals surface area contributed by atoms with Gasteiger partial charge >= 0.3 is 5.69 Å². The van der Waals surface area contributed by atoms with E-state index in [0.29, 0.717) is 13.2 Å². The predicted molar refractivity (Wildman–Crippen MR) is 63.1 cm³/mol. The Kier molecular flexibility index (Phi) is 3.75. The number of pyridine rings is 1. The number of anilines is 1. The van der Waals surface area contributed by atoms with Gasteiger partial charge in [0.1, 0.15) is 0 Å². The summed E-state index contributed by atoms with van der Waals surface area (Å²) in [6.45, 7) is 1.16. The summed E-state index contributed by atoms with van der Waals surface area (Å²) < 4.78 is 0. The molecular formula is C10H12ClN3O3. The largest absolute Gasteiger partial charge is 0.315 e. The topological polar surface area (TPSA) is 68.5 Å². The maximum atomic E-state index is 10.9. The molecule has 1 fully saturated rings. The van der Waals surface area contributed by atoms with Crippen molar-refractivity contribution in [3.63, 3.8) is 0 Å². The minimum atomic E-state index is -0.498. The molecule has 1 aromatic heterocycles. The Hall–Kier alpha value is -1.40. The van der Waals surface area contributed by atoms with Gasteiger partial charge in [-0.05, 0) is 19.3 Å². The van der Waals surface area contributed by atoms with Gasteiger partial charge in [0.15, 0.2) is 0 Å². The smallest absolute Gasteiger partial charge is 0.272 e. The number of aromatic nitrogens is 1. The molecule has 2 heterocycles. The fourth-order valence-electron chi connectivity index (χ4n) is 1.69. The zero-order valence-electron chi connectivity index (χ0n) is 9.13. The van der Waals surface area contributed by atoms with Gasteiger partial charge < -0.3 is 0 Å². The van der Waals surface area contributed by atoms with Gasteiger partial charge in [0, 0.05) is 18.8 Å². The monoisotopic (exact) mass is 257 g/mol. The first-order valence-electron chi connectivity index (χ1n) is 5.39. The van der Waals surface area contributed by atoms with Crippen LogP contribution in [0.25, 0.3) is 0 Å². The van der Waals surface area contributed by atoms with Crippen molar-refractivity contribution in [3.8, 4) is 0 Å². The van der Waals surface area contributed by atoms with Crippen LogP contribution in [0.3, 0.4) is 0 Å². The summed E-state index contributed by atoms with van der Waals surface area (Å²) in [5.74, 6) is 0.223. The van der Waals surface area contributed by atoms with Crippen LogP contribution in [-0.4, -0.2) is 23.1 Å². The van der Waals surface area contributed by atoms with E-state index in [2.05, 4.69) is 4.98 Å². The number of hydrogen-bond acceptors (Lipinski definition) is 5. The highest BCUT2D eigenvalue weighted by atomic mass is 35.5. The predicted octanol–water partition coefficient (Wildman–Crippen LogP) is 2.57. The van der Waals surface area contributed by atoms with Crippen molar-refractivity contribution in [1.29, 1.82) is 0 Å². The molecule has 0 N–H and O–H groups in total. The second-order valence-electron chi connectivity index (χ2n) is 3.75. The Balaban J connectivity index is 2.32. The van der Waals surface area contributed by atoms with Gasteiger partial charge in [0.2, 0.25) is 5.82 Å². The van der Waals surface area contributed by atoms with Crippen molar-refractivity contribution in [2.45, 2.75) is 19.3 Å². The normalized spacial score (nSPS) is 16.6. The first kappa shape index (κ1) is 12.1. The summed E-state index contributed by atoms with van der Waals surface area (Å²) in [7, 11) is 0. The highest BCUT2D eigenvalue weighted by molar-refractivity contribution is 6.30. The molecule has 17 heavy (non-hydrogen) atoms. The summed E-state index contributed by atoms with van der Waals surface area (Å²) in [6, 6.07) is 1.29. The zero-order valence-corrected chi connectivity index (χ0v) is 9.89. The number of rotatable bonds is 2. The van der Waals surface area contributed by atoms with Crippen LogP contribution < -0.4 is 5.06 Å². The molecule has 0 spiro atoms. The van der Waals surface area contributed by atoms with Gasteiger partial charge in [-0.15, -0.1) is 0 Å². The third-order valence-electron chi connectivity index (χ3n) is 2.50. The van der Waals surface area contributed by atoms with Gasteiger partial charge in [0.25, 0.3) is 0 Å². The SMILES string of the molecule is O=[N+]([O-])c1cc(Cl)cnc1N1CCCCCO1. The highest BCUT2D eigenvalue weighted by Crippen LogP contribution is 2.29. The number of nitrogens with zero attached hydrogens (tertiary/aromatic N) is 3. The van der Waals surface area contributed by atoms with Crippen LogP contribution in [0.4, 0.5) is 11.5 Å². The maximum absolute atomic E-state index is 10.9. The van der Waals surface area contributed by atoms with Gasteiger partial charge in [0.05, 0.1) is 16.6 Å². The Morgan fingerprint density at radius 1 is 1.47 bits per heavy atom. The molecule has 92 valence electrons. The second kappa shape index (κ2) is 5.29. The Bertz CT molecular complexity index is 419. The number of halogens is 1. The van der Waals surface area contributed by atoms with Crippen molar-refractivity contribution in [2.24, 2.45) is 0 Å². The van der Waals surface area contributed by atoms with Gasteiger partial charge in [-0.25, -0.2) is 10.0 Å². The van der Waals surface area contributed by atoms with Gasteiger partial charge in [-0.2, -0.15) is 0 Å².